The highest BCUT2D eigenvalue weighted by atomic mass is 32.2. The SMILES string of the molecule is COc1cc([C@@H](CC(=O)O)c2ccc(C)c(CN(C)S(=O)(=O)c3ccccc3)c2)cc2nnn(C)c12. The Hall–Kier alpha value is -3.76. The number of aryl methyl sites for hydroxylation is 2. The molecular formula is C26H28N4O5S. The van der Waals surface area contributed by atoms with E-state index in [1.165, 1.54) is 11.4 Å². The summed E-state index contributed by atoms with van der Waals surface area (Å²) in [6.45, 7) is 2.05. The quantitative estimate of drug-likeness (QED) is 0.366. The van der Waals surface area contributed by atoms with Crippen molar-refractivity contribution in [2.75, 3.05) is 14.2 Å². The minimum Gasteiger partial charge on any atom is -0.494 e. The number of benzene rings is 3. The van der Waals surface area contributed by atoms with Crippen molar-refractivity contribution in [3.63, 3.8) is 0 Å². The highest BCUT2D eigenvalue weighted by Gasteiger charge is 2.24. The number of sulfonamides is 1. The van der Waals surface area contributed by atoms with Gasteiger partial charge in [0.25, 0.3) is 0 Å². The molecule has 9 nitrogen and oxygen atoms in total. The molecule has 1 N–H and O–H groups in total. The van der Waals surface area contributed by atoms with E-state index < -0.39 is 21.9 Å². The molecule has 0 spiro atoms. The number of ether oxygens (including phenoxy) is 1. The molecule has 0 saturated heterocycles. The normalized spacial score (nSPS) is 12.7. The van der Waals surface area contributed by atoms with E-state index in [4.69, 9.17) is 4.74 Å². The third kappa shape index (κ3) is 4.95. The summed E-state index contributed by atoms with van der Waals surface area (Å²) in [7, 11) is 1.16. The van der Waals surface area contributed by atoms with Crippen LogP contribution in [0.1, 0.15) is 34.6 Å². The van der Waals surface area contributed by atoms with E-state index in [-0.39, 0.29) is 17.9 Å². The number of rotatable bonds is 9. The maximum atomic E-state index is 13.1. The Kier molecular flexibility index (Phi) is 7.09. The minimum absolute atomic E-state index is 0.142. The number of nitrogens with zero attached hydrogens (tertiary/aromatic N) is 4. The third-order valence-electron chi connectivity index (χ3n) is 6.31. The standard InChI is InChI=1S/C26H28N4O5S/c1-17-10-11-18(12-20(17)16-29(2)36(33,34)21-8-6-5-7-9-21)22(15-25(31)32)19-13-23-26(24(14-19)35-4)30(3)28-27-23/h5-14,22H,15-16H2,1-4H3,(H,31,32)/t22-/m0/s1. The predicted molar refractivity (Wildman–Crippen MR) is 135 cm³/mol. The first-order valence-electron chi connectivity index (χ1n) is 11.3. The Morgan fingerprint density at radius 3 is 2.50 bits per heavy atom. The van der Waals surface area contributed by atoms with Crippen LogP contribution in [0.15, 0.2) is 65.6 Å². The Morgan fingerprint density at radius 2 is 1.83 bits per heavy atom. The lowest BCUT2D eigenvalue weighted by Crippen LogP contribution is -2.27. The highest BCUT2D eigenvalue weighted by molar-refractivity contribution is 7.89. The predicted octanol–water partition coefficient (Wildman–Crippen LogP) is 3.71. The van der Waals surface area contributed by atoms with Crippen LogP contribution >= 0.6 is 0 Å². The van der Waals surface area contributed by atoms with Crippen LogP contribution < -0.4 is 4.74 Å². The van der Waals surface area contributed by atoms with Gasteiger partial charge in [0.2, 0.25) is 10.0 Å². The first kappa shape index (κ1) is 25.3. The molecule has 0 aliphatic rings. The maximum absolute atomic E-state index is 13.1. The van der Waals surface area contributed by atoms with Gasteiger partial charge in [-0.25, -0.2) is 13.1 Å². The van der Waals surface area contributed by atoms with Crippen molar-refractivity contribution in [1.82, 2.24) is 19.3 Å². The summed E-state index contributed by atoms with van der Waals surface area (Å²) in [5.41, 5.74) is 4.49. The molecule has 0 aliphatic heterocycles. The molecule has 0 radical (unpaired) electrons. The highest BCUT2D eigenvalue weighted by Crippen LogP contribution is 2.35. The average Bonchev–Trinajstić information content (AvgIpc) is 3.24. The molecule has 0 unspecified atom stereocenters. The Labute approximate surface area is 210 Å². The van der Waals surface area contributed by atoms with Gasteiger partial charge >= 0.3 is 5.97 Å². The van der Waals surface area contributed by atoms with E-state index in [0.717, 1.165) is 22.3 Å². The molecule has 1 heterocycles. The third-order valence-corrected chi connectivity index (χ3v) is 8.13. The van der Waals surface area contributed by atoms with Crippen molar-refractivity contribution < 1.29 is 23.1 Å². The number of fused-ring (bicyclic) bond motifs is 1. The molecule has 0 fully saturated rings. The van der Waals surface area contributed by atoms with E-state index in [1.807, 2.05) is 37.3 Å². The molecule has 1 aromatic heterocycles. The van der Waals surface area contributed by atoms with Gasteiger partial charge in [-0.3, -0.25) is 4.79 Å². The summed E-state index contributed by atoms with van der Waals surface area (Å²) in [4.78, 5) is 12.1. The smallest absolute Gasteiger partial charge is 0.304 e. The molecule has 0 amide bonds. The van der Waals surface area contributed by atoms with Crippen LogP contribution in [0.25, 0.3) is 11.0 Å². The number of aliphatic carboxylic acids is 1. The average molecular weight is 509 g/mol. The monoisotopic (exact) mass is 508 g/mol. The first-order chi connectivity index (χ1) is 17.1. The molecule has 0 saturated carbocycles. The Morgan fingerprint density at radius 1 is 1.11 bits per heavy atom. The fourth-order valence-corrected chi connectivity index (χ4v) is 5.48. The molecule has 4 rings (SSSR count). The number of carbonyl (C=O) groups is 1. The molecule has 4 aromatic rings. The second kappa shape index (κ2) is 10.1. The zero-order valence-electron chi connectivity index (χ0n) is 20.5. The molecule has 188 valence electrons. The fraction of sp³-hybridized carbons (Fsp3) is 0.269. The van der Waals surface area contributed by atoms with Crippen molar-refractivity contribution in [2.24, 2.45) is 7.05 Å². The topological polar surface area (TPSA) is 115 Å². The minimum atomic E-state index is -3.68. The van der Waals surface area contributed by atoms with Crippen LogP contribution in [0.4, 0.5) is 0 Å². The van der Waals surface area contributed by atoms with Crippen molar-refractivity contribution in [1.29, 1.82) is 0 Å². The summed E-state index contributed by atoms with van der Waals surface area (Å²) >= 11 is 0. The van der Waals surface area contributed by atoms with Gasteiger partial charge < -0.3 is 9.84 Å². The number of carboxylic acids is 1. The van der Waals surface area contributed by atoms with Crippen molar-refractivity contribution >= 4 is 27.0 Å². The van der Waals surface area contributed by atoms with Gasteiger partial charge in [0.05, 0.1) is 18.4 Å². The summed E-state index contributed by atoms with van der Waals surface area (Å²) in [6.07, 6.45) is -0.157. The van der Waals surface area contributed by atoms with E-state index in [1.54, 1.807) is 49.2 Å². The number of carboxylic acid groups (broad SMARTS) is 1. The summed E-state index contributed by atoms with van der Waals surface area (Å²) < 4.78 is 34.6. The summed E-state index contributed by atoms with van der Waals surface area (Å²) in [5, 5.41) is 17.9. The summed E-state index contributed by atoms with van der Waals surface area (Å²) in [6, 6.07) is 17.6. The number of hydrogen-bond donors (Lipinski definition) is 1. The van der Waals surface area contributed by atoms with Crippen molar-refractivity contribution in [3.8, 4) is 5.75 Å². The van der Waals surface area contributed by atoms with Crippen LogP contribution in [0.2, 0.25) is 0 Å². The lowest BCUT2D eigenvalue weighted by atomic mass is 9.86. The summed E-state index contributed by atoms with van der Waals surface area (Å²) in [5.74, 6) is -0.909. The lowest BCUT2D eigenvalue weighted by Gasteiger charge is -2.22. The van der Waals surface area contributed by atoms with Crippen molar-refractivity contribution in [2.45, 2.75) is 30.7 Å². The Balaban J connectivity index is 1.74. The van der Waals surface area contributed by atoms with Gasteiger partial charge in [0, 0.05) is 26.6 Å². The molecule has 0 aliphatic carbocycles. The molecule has 1 atom stereocenters. The molecular weight excluding hydrogens is 480 g/mol. The number of aromatic nitrogens is 3. The zero-order chi connectivity index (χ0) is 26.0. The second-order valence-corrected chi connectivity index (χ2v) is 10.8. The van der Waals surface area contributed by atoms with Gasteiger partial charge in [-0.1, -0.05) is 41.6 Å². The van der Waals surface area contributed by atoms with Gasteiger partial charge in [0.15, 0.2) is 0 Å². The van der Waals surface area contributed by atoms with Crippen molar-refractivity contribution in [3.05, 3.63) is 82.9 Å². The van der Waals surface area contributed by atoms with Crippen LogP contribution in [-0.4, -0.2) is 53.0 Å². The maximum Gasteiger partial charge on any atom is 0.304 e. The van der Waals surface area contributed by atoms with E-state index in [9.17, 15) is 18.3 Å². The van der Waals surface area contributed by atoms with Crippen LogP contribution in [0.5, 0.6) is 5.75 Å². The van der Waals surface area contributed by atoms with Gasteiger partial charge in [-0.2, -0.15) is 4.31 Å². The molecule has 0 bridgehead atoms. The van der Waals surface area contributed by atoms with Gasteiger partial charge in [0.1, 0.15) is 16.8 Å². The van der Waals surface area contributed by atoms with E-state index >= 15 is 0 Å². The number of hydrogen-bond acceptors (Lipinski definition) is 6. The van der Waals surface area contributed by atoms with Gasteiger partial charge in [-0.05, 0) is 53.4 Å². The van der Waals surface area contributed by atoms with Crippen LogP contribution in [-0.2, 0) is 28.4 Å². The van der Waals surface area contributed by atoms with Crippen LogP contribution in [0.3, 0.4) is 0 Å². The van der Waals surface area contributed by atoms with E-state index in [2.05, 4.69) is 10.3 Å². The van der Waals surface area contributed by atoms with E-state index in [0.29, 0.717) is 16.8 Å². The largest absolute Gasteiger partial charge is 0.494 e. The Bertz CT molecular complexity index is 1520. The lowest BCUT2D eigenvalue weighted by molar-refractivity contribution is -0.137. The molecule has 36 heavy (non-hydrogen) atoms. The zero-order valence-corrected chi connectivity index (χ0v) is 21.4. The van der Waals surface area contributed by atoms with Gasteiger partial charge in [-0.15, -0.1) is 5.10 Å². The number of methoxy groups -OCH3 is 1. The molecule has 3 aromatic carbocycles. The first-order valence-corrected chi connectivity index (χ1v) is 12.8. The fourth-order valence-electron chi connectivity index (χ4n) is 4.31. The van der Waals surface area contributed by atoms with Crippen LogP contribution in [0, 0.1) is 6.92 Å². The molecule has 10 heteroatoms. The second-order valence-electron chi connectivity index (χ2n) is 8.71.